The van der Waals surface area contributed by atoms with Crippen LogP contribution in [0.25, 0.3) is 0 Å². The average Bonchev–Trinajstić information content (AvgIpc) is 2.77. The van der Waals surface area contributed by atoms with Gasteiger partial charge in [-0.3, -0.25) is 4.68 Å². The van der Waals surface area contributed by atoms with E-state index in [2.05, 4.69) is 5.10 Å². The fourth-order valence-corrected chi connectivity index (χ4v) is 2.14. The van der Waals surface area contributed by atoms with Crippen molar-refractivity contribution in [3.8, 4) is 0 Å². The average molecular weight is 296 g/mol. The van der Waals surface area contributed by atoms with Gasteiger partial charge in [-0.2, -0.15) is 5.10 Å². The predicted molar refractivity (Wildman–Crippen MR) is 80.1 cm³/mol. The van der Waals surface area contributed by atoms with Crippen molar-refractivity contribution >= 4 is 12.7 Å². The summed E-state index contributed by atoms with van der Waals surface area (Å²) in [5, 5.41) is 14.3. The monoisotopic (exact) mass is 296 g/mol. The van der Waals surface area contributed by atoms with Crippen LogP contribution < -0.4 is 5.59 Å². The molecular weight excluding hydrogens is 271 g/mol. The molecule has 1 N–H and O–H groups in total. The zero-order valence-electron chi connectivity index (χ0n) is 13.9. The van der Waals surface area contributed by atoms with Crippen LogP contribution in [-0.2, 0) is 21.1 Å². The van der Waals surface area contributed by atoms with Gasteiger partial charge in [0, 0.05) is 7.05 Å². The minimum atomic E-state index is -1.05. The highest BCUT2D eigenvalue weighted by atomic mass is 16.7. The van der Waals surface area contributed by atoms with Crippen molar-refractivity contribution in [2.75, 3.05) is 0 Å². The maximum atomic E-state index is 10.00. The van der Waals surface area contributed by atoms with Crippen LogP contribution >= 0.6 is 0 Å². The molecule has 0 aliphatic carbocycles. The van der Waals surface area contributed by atoms with Crippen molar-refractivity contribution in [2.45, 2.75) is 65.1 Å². The summed E-state index contributed by atoms with van der Waals surface area (Å²) in [4.78, 5) is 0. The van der Waals surface area contributed by atoms with Crippen LogP contribution in [0.1, 0.15) is 53.5 Å². The molecule has 0 bridgehead atoms. The van der Waals surface area contributed by atoms with E-state index < -0.39 is 24.6 Å². The third kappa shape index (κ3) is 3.16. The molecule has 0 amide bonds. The molecule has 2 heterocycles. The number of aromatic nitrogens is 2. The number of aliphatic hydroxyl groups excluding tert-OH is 1. The molecule has 0 aromatic carbocycles. The van der Waals surface area contributed by atoms with E-state index in [1.165, 1.54) is 0 Å². The molecule has 1 aliphatic rings. The van der Waals surface area contributed by atoms with Crippen LogP contribution in [0.2, 0.25) is 0 Å². The summed E-state index contributed by atoms with van der Waals surface area (Å²) < 4.78 is 19.0. The van der Waals surface area contributed by atoms with Crippen molar-refractivity contribution in [2.24, 2.45) is 7.05 Å². The molecule has 2 rings (SSSR count). The molecule has 1 aromatic rings. The zero-order chi connectivity index (χ0) is 16.0. The second kappa shape index (κ2) is 5.39. The third-order valence-electron chi connectivity index (χ3n) is 4.08. The fourth-order valence-electron chi connectivity index (χ4n) is 2.14. The third-order valence-corrected chi connectivity index (χ3v) is 4.08. The van der Waals surface area contributed by atoms with E-state index in [1.807, 2.05) is 41.5 Å². The Morgan fingerprint density at radius 2 is 1.76 bits per heavy atom. The molecule has 1 aliphatic heterocycles. The Labute approximate surface area is 126 Å². The van der Waals surface area contributed by atoms with Crippen molar-refractivity contribution in [1.29, 1.82) is 0 Å². The van der Waals surface area contributed by atoms with Crippen LogP contribution in [0.15, 0.2) is 6.07 Å². The van der Waals surface area contributed by atoms with Crippen LogP contribution in [-0.4, -0.2) is 39.3 Å². The maximum absolute atomic E-state index is 10.00. The number of nitrogens with zero attached hydrogens (tertiary/aromatic N) is 2. The Morgan fingerprint density at radius 3 is 2.24 bits per heavy atom. The van der Waals surface area contributed by atoms with Gasteiger partial charge in [-0.05, 0) is 47.6 Å². The molecule has 21 heavy (non-hydrogen) atoms. The van der Waals surface area contributed by atoms with E-state index in [1.54, 1.807) is 17.8 Å². The lowest BCUT2D eigenvalue weighted by Gasteiger charge is -2.32. The molecule has 118 valence electrons. The zero-order valence-corrected chi connectivity index (χ0v) is 13.9. The van der Waals surface area contributed by atoms with Crippen LogP contribution in [0.5, 0.6) is 0 Å². The highest BCUT2D eigenvalue weighted by molar-refractivity contribution is 6.61. The molecule has 0 radical (unpaired) electrons. The summed E-state index contributed by atoms with van der Waals surface area (Å²) in [6.45, 7) is 11.7. The van der Waals surface area contributed by atoms with Gasteiger partial charge in [0.05, 0.1) is 22.9 Å². The molecule has 0 spiro atoms. The van der Waals surface area contributed by atoms with E-state index in [0.717, 1.165) is 5.59 Å². The molecule has 1 saturated heterocycles. The predicted octanol–water partition coefficient (Wildman–Crippen LogP) is 1.14. The SMILES string of the molecule is CC(C)OC(O)c1cc(B2OC(C)(C)C(C)(C)O2)n(C)n1. The molecule has 1 aromatic heterocycles. The van der Waals surface area contributed by atoms with Gasteiger partial charge in [-0.15, -0.1) is 0 Å². The molecule has 1 fully saturated rings. The normalized spacial score (nSPS) is 22.0. The first-order valence-corrected chi connectivity index (χ1v) is 7.26. The first-order valence-electron chi connectivity index (χ1n) is 7.26. The lowest BCUT2D eigenvalue weighted by Crippen LogP contribution is -2.41. The highest BCUT2D eigenvalue weighted by Gasteiger charge is 2.52. The Kier molecular flexibility index (Phi) is 4.23. The number of ether oxygens (including phenoxy) is 1. The lowest BCUT2D eigenvalue weighted by molar-refractivity contribution is -0.131. The molecule has 7 heteroatoms. The lowest BCUT2D eigenvalue weighted by atomic mass is 9.84. The maximum Gasteiger partial charge on any atom is 0.514 e. The summed E-state index contributed by atoms with van der Waals surface area (Å²) >= 11 is 0. The summed E-state index contributed by atoms with van der Waals surface area (Å²) in [7, 11) is 1.29. The van der Waals surface area contributed by atoms with Crippen molar-refractivity contribution in [1.82, 2.24) is 9.78 Å². The summed E-state index contributed by atoms with van der Waals surface area (Å²) in [5.74, 6) is 0. The molecule has 6 nitrogen and oxygen atoms in total. The largest absolute Gasteiger partial charge is 0.514 e. The van der Waals surface area contributed by atoms with E-state index in [0.29, 0.717) is 5.69 Å². The van der Waals surface area contributed by atoms with Crippen molar-refractivity contribution in [3.05, 3.63) is 11.8 Å². The Morgan fingerprint density at radius 1 is 1.24 bits per heavy atom. The van der Waals surface area contributed by atoms with Gasteiger partial charge < -0.3 is 19.2 Å². The summed E-state index contributed by atoms with van der Waals surface area (Å²) in [6.07, 6.45) is -1.13. The fraction of sp³-hybridized carbons (Fsp3) is 0.786. The van der Waals surface area contributed by atoms with Gasteiger partial charge in [0.25, 0.3) is 0 Å². The Bertz CT molecular complexity index is 497. The highest BCUT2D eigenvalue weighted by Crippen LogP contribution is 2.36. The standard InChI is InChI=1S/C14H25BN2O4/c1-9(2)19-12(18)10-8-11(17(7)16-10)15-20-13(3,4)14(5,6)21-15/h8-9,12,18H,1-7H3. The van der Waals surface area contributed by atoms with E-state index in [9.17, 15) is 5.11 Å². The first kappa shape index (κ1) is 16.5. The number of rotatable bonds is 4. The topological polar surface area (TPSA) is 65.7 Å². The summed E-state index contributed by atoms with van der Waals surface area (Å²) in [6, 6.07) is 1.76. The summed E-state index contributed by atoms with van der Waals surface area (Å²) in [5.41, 5.74) is 0.399. The van der Waals surface area contributed by atoms with E-state index in [-0.39, 0.29) is 6.10 Å². The molecule has 1 unspecified atom stereocenters. The van der Waals surface area contributed by atoms with Gasteiger partial charge in [-0.1, -0.05) is 0 Å². The Balaban J connectivity index is 2.21. The van der Waals surface area contributed by atoms with Gasteiger partial charge in [0.1, 0.15) is 5.69 Å². The smallest absolute Gasteiger partial charge is 0.398 e. The minimum Gasteiger partial charge on any atom is -0.398 e. The van der Waals surface area contributed by atoms with Crippen LogP contribution in [0.4, 0.5) is 0 Å². The van der Waals surface area contributed by atoms with Gasteiger partial charge in [0.15, 0.2) is 0 Å². The van der Waals surface area contributed by atoms with Gasteiger partial charge >= 0.3 is 7.12 Å². The number of hydrogen-bond acceptors (Lipinski definition) is 5. The molecule has 0 saturated carbocycles. The second-order valence-electron chi connectivity index (χ2n) is 6.74. The number of aryl methyl sites for hydroxylation is 1. The van der Waals surface area contributed by atoms with E-state index in [4.69, 9.17) is 14.0 Å². The molecular formula is C14H25BN2O4. The molecule has 1 atom stereocenters. The number of aliphatic hydroxyl groups is 1. The first-order chi connectivity index (χ1) is 9.53. The van der Waals surface area contributed by atoms with Gasteiger partial charge in [-0.25, -0.2) is 0 Å². The van der Waals surface area contributed by atoms with Gasteiger partial charge in [0.2, 0.25) is 6.29 Å². The van der Waals surface area contributed by atoms with Crippen molar-refractivity contribution < 1.29 is 19.2 Å². The minimum absolute atomic E-state index is 0.0812. The Hall–Kier alpha value is -0.885. The van der Waals surface area contributed by atoms with Crippen LogP contribution in [0.3, 0.4) is 0 Å². The van der Waals surface area contributed by atoms with Crippen molar-refractivity contribution in [3.63, 3.8) is 0 Å². The van der Waals surface area contributed by atoms with Crippen LogP contribution in [0, 0.1) is 0 Å². The quantitative estimate of drug-likeness (QED) is 0.666. The van der Waals surface area contributed by atoms with E-state index >= 15 is 0 Å². The second-order valence-corrected chi connectivity index (χ2v) is 6.74. The number of hydrogen-bond donors (Lipinski definition) is 1.